The highest BCUT2D eigenvalue weighted by Crippen LogP contribution is 2.37. The predicted molar refractivity (Wildman–Crippen MR) is 88.1 cm³/mol. The molecule has 23 heavy (non-hydrogen) atoms. The molecule has 0 aromatic heterocycles. The van der Waals surface area contributed by atoms with Crippen LogP contribution in [0.3, 0.4) is 0 Å². The first kappa shape index (κ1) is 16.4. The molecule has 1 aliphatic rings. The standard InChI is InChI=1S/C16H15BrFNO3S/c17-12-5-3-11(4-6-12)16-2-1-7-19(16)23(21,22)15-9-13(18)8-14(20)10-15/h3-6,8-10,16,20H,1-2,7H2. The molecule has 1 atom stereocenters. The van der Waals surface area contributed by atoms with Crippen molar-refractivity contribution < 1.29 is 17.9 Å². The molecule has 2 aromatic rings. The van der Waals surface area contributed by atoms with E-state index < -0.39 is 21.6 Å². The summed E-state index contributed by atoms with van der Waals surface area (Å²) in [5.41, 5.74) is 0.898. The molecule has 1 saturated heterocycles. The molecule has 0 radical (unpaired) electrons. The highest BCUT2D eigenvalue weighted by molar-refractivity contribution is 9.10. The zero-order valence-electron chi connectivity index (χ0n) is 12.1. The summed E-state index contributed by atoms with van der Waals surface area (Å²) in [7, 11) is -3.87. The number of phenols is 1. The third-order valence-corrected chi connectivity index (χ3v) is 6.34. The molecule has 7 heteroatoms. The van der Waals surface area contributed by atoms with Crippen LogP contribution in [-0.4, -0.2) is 24.4 Å². The lowest BCUT2D eigenvalue weighted by Gasteiger charge is -2.24. The molecule has 0 aliphatic carbocycles. The van der Waals surface area contributed by atoms with Crippen molar-refractivity contribution in [1.29, 1.82) is 0 Å². The maximum Gasteiger partial charge on any atom is 0.243 e. The van der Waals surface area contributed by atoms with Gasteiger partial charge in [-0.25, -0.2) is 12.8 Å². The van der Waals surface area contributed by atoms with Crippen molar-refractivity contribution in [3.05, 3.63) is 58.3 Å². The molecule has 1 N–H and O–H groups in total. The highest BCUT2D eigenvalue weighted by atomic mass is 79.9. The molecule has 1 unspecified atom stereocenters. The first-order valence-electron chi connectivity index (χ1n) is 7.15. The van der Waals surface area contributed by atoms with Crippen molar-refractivity contribution in [3.8, 4) is 5.75 Å². The van der Waals surface area contributed by atoms with E-state index in [0.29, 0.717) is 13.0 Å². The van der Waals surface area contributed by atoms with Crippen LogP contribution in [0.25, 0.3) is 0 Å². The molecular formula is C16H15BrFNO3S. The minimum absolute atomic E-state index is 0.223. The zero-order valence-corrected chi connectivity index (χ0v) is 14.5. The number of phenolic OH excluding ortho intramolecular Hbond substituents is 1. The summed E-state index contributed by atoms with van der Waals surface area (Å²) in [5, 5.41) is 9.49. The highest BCUT2D eigenvalue weighted by Gasteiger charge is 2.36. The predicted octanol–water partition coefficient (Wildman–Crippen LogP) is 3.82. The van der Waals surface area contributed by atoms with E-state index in [0.717, 1.165) is 34.7 Å². The van der Waals surface area contributed by atoms with E-state index in [4.69, 9.17) is 0 Å². The molecule has 122 valence electrons. The van der Waals surface area contributed by atoms with Crippen molar-refractivity contribution >= 4 is 26.0 Å². The first-order chi connectivity index (χ1) is 10.9. The Kier molecular flexibility index (Phi) is 4.44. The van der Waals surface area contributed by atoms with Crippen LogP contribution in [0.2, 0.25) is 0 Å². The van der Waals surface area contributed by atoms with Crippen molar-refractivity contribution in [1.82, 2.24) is 4.31 Å². The number of rotatable bonds is 3. The van der Waals surface area contributed by atoms with E-state index in [1.807, 2.05) is 24.3 Å². The SMILES string of the molecule is O=S(=O)(c1cc(O)cc(F)c1)N1CCCC1c1ccc(Br)cc1. The summed E-state index contributed by atoms with van der Waals surface area (Å²) in [6.45, 7) is 0.375. The van der Waals surface area contributed by atoms with Crippen LogP contribution in [0.1, 0.15) is 24.4 Å². The fourth-order valence-corrected chi connectivity index (χ4v) is 4.88. The number of aromatic hydroxyl groups is 1. The van der Waals surface area contributed by atoms with Gasteiger partial charge >= 0.3 is 0 Å². The van der Waals surface area contributed by atoms with E-state index in [9.17, 15) is 17.9 Å². The molecule has 0 bridgehead atoms. The van der Waals surface area contributed by atoms with Gasteiger partial charge in [0.1, 0.15) is 11.6 Å². The Morgan fingerprint density at radius 1 is 1.17 bits per heavy atom. The van der Waals surface area contributed by atoms with Gasteiger partial charge in [0.2, 0.25) is 10.0 Å². The number of hydrogen-bond acceptors (Lipinski definition) is 3. The molecule has 1 heterocycles. The first-order valence-corrected chi connectivity index (χ1v) is 9.38. The average Bonchev–Trinajstić information content (AvgIpc) is 2.97. The fourth-order valence-electron chi connectivity index (χ4n) is 2.88. The number of sulfonamides is 1. The van der Waals surface area contributed by atoms with Crippen LogP contribution >= 0.6 is 15.9 Å². The van der Waals surface area contributed by atoms with Crippen molar-refractivity contribution in [2.75, 3.05) is 6.54 Å². The van der Waals surface area contributed by atoms with E-state index in [1.165, 1.54) is 4.31 Å². The Labute approximate surface area is 142 Å². The van der Waals surface area contributed by atoms with Crippen molar-refractivity contribution in [3.63, 3.8) is 0 Å². The van der Waals surface area contributed by atoms with Gasteiger partial charge in [-0.2, -0.15) is 4.31 Å². The smallest absolute Gasteiger partial charge is 0.243 e. The van der Waals surface area contributed by atoms with E-state index >= 15 is 0 Å². The largest absolute Gasteiger partial charge is 0.508 e. The van der Waals surface area contributed by atoms with Crippen LogP contribution in [0, 0.1) is 5.82 Å². The minimum atomic E-state index is -3.87. The Balaban J connectivity index is 1.99. The summed E-state index contributed by atoms with van der Waals surface area (Å²) in [6, 6.07) is 10.1. The average molecular weight is 400 g/mol. The molecule has 1 fully saturated rings. The fraction of sp³-hybridized carbons (Fsp3) is 0.250. The van der Waals surface area contributed by atoms with Gasteiger partial charge in [0.05, 0.1) is 10.9 Å². The molecule has 1 aliphatic heterocycles. The summed E-state index contributed by atoms with van der Waals surface area (Å²) in [6.07, 6.45) is 1.45. The topological polar surface area (TPSA) is 57.6 Å². The molecule has 0 spiro atoms. The molecule has 0 saturated carbocycles. The maximum atomic E-state index is 13.5. The monoisotopic (exact) mass is 399 g/mol. The zero-order chi connectivity index (χ0) is 16.6. The maximum absolute atomic E-state index is 13.5. The summed E-state index contributed by atoms with van der Waals surface area (Å²) < 4.78 is 41.4. The van der Waals surface area contributed by atoms with Gasteiger partial charge in [-0.3, -0.25) is 0 Å². The van der Waals surface area contributed by atoms with Gasteiger partial charge in [-0.05, 0) is 36.6 Å². The molecular weight excluding hydrogens is 385 g/mol. The van der Waals surface area contributed by atoms with E-state index in [2.05, 4.69) is 15.9 Å². The number of hydrogen-bond donors (Lipinski definition) is 1. The number of benzene rings is 2. The van der Waals surface area contributed by atoms with Gasteiger partial charge in [0, 0.05) is 23.2 Å². The van der Waals surface area contributed by atoms with Gasteiger partial charge < -0.3 is 5.11 Å². The molecule has 0 amide bonds. The van der Waals surface area contributed by atoms with Gasteiger partial charge in [0.25, 0.3) is 0 Å². The quantitative estimate of drug-likeness (QED) is 0.853. The summed E-state index contributed by atoms with van der Waals surface area (Å²) in [4.78, 5) is -0.223. The summed E-state index contributed by atoms with van der Waals surface area (Å²) in [5.74, 6) is -1.18. The van der Waals surface area contributed by atoms with Crippen molar-refractivity contribution in [2.45, 2.75) is 23.8 Å². The number of halogens is 2. The van der Waals surface area contributed by atoms with Gasteiger partial charge in [0.15, 0.2) is 0 Å². The Bertz CT molecular complexity index is 803. The lowest BCUT2D eigenvalue weighted by molar-refractivity contribution is 0.395. The van der Waals surface area contributed by atoms with Crippen molar-refractivity contribution in [2.24, 2.45) is 0 Å². The molecule has 3 rings (SSSR count). The normalized spacial score (nSPS) is 19.1. The van der Waals surface area contributed by atoms with E-state index in [1.54, 1.807) is 0 Å². The lowest BCUT2D eigenvalue weighted by Crippen LogP contribution is -2.30. The number of nitrogens with zero attached hydrogens (tertiary/aromatic N) is 1. The second-order valence-corrected chi connectivity index (χ2v) is 8.28. The minimum Gasteiger partial charge on any atom is -0.508 e. The Morgan fingerprint density at radius 2 is 1.87 bits per heavy atom. The van der Waals surface area contributed by atoms with Crippen LogP contribution in [-0.2, 0) is 10.0 Å². The lowest BCUT2D eigenvalue weighted by atomic mass is 10.1. The Morgan fingerprint density at radius 3 is 2.52 bits per heavy atom. The van der Waals surface area contributed by atoms with Crippen LogP contribution < -0.4 is 0 Å². The molecule has 2 aromatic carbocycles. The van der Waals surface area contributed by atoms with Gasteiger partial charge in [-0.15, -0.1) is 0 Å². The summed E-state index contributed by atoms with van der Waals surface area (Å²) >= 11 is 3.36. The third-order valence-electron chi connectivity index (χ3n) is 3.92. The third kappa shape index (κ3) is 3.27. The second-order valence-electron chi connectivity index (χ2n) is 5.47. The molecule has 4 nitrogen and oxygen atoms in total. The second kappa shape index (κ2) is 6.22. The van der Waals surface area contributed by atoms with Crippen LogP contribution in [0.4, 0.5) is 4.39 Å². The van der Waals surface area contributed by atoms with Gasteiger partial charge in [-0.1, -0.05) is 28.1 Å². The van der Waals surface area contributed by atoms with E-state index in [-0.39, 0.29) is 10.9 Å². The van der Waals surface area contributed by atoms with Crippen LogP contribution in [0.15, 0.2) is 51.8 Å². The Hall–Kier alpha value is -1.44. The van der Waals surface area contributed by atoms with Crippen LogP contribution in [0.5, 0.6) is 5.75 Å².